The summed E-state index contributed by atoms with van der Waals surface area (Å²) in [6.45, 7) is 3.92. The summed E-state index contributed by atoms with van der Waals surface area (Å²) in [4.78, 5) is 18.6. The number of carbonyl (C=O) groups excluding carboxylic acids is 1. The summed E-state index contributed by atoms with van der Waals surface area (Å²) >= 11 is 1.28. The van der Waals surface area contributed by atoms with Gasteiger partial charge in [0.15, 0.2) is 5.13 Å². The minimum Gasteiger partial charge on any atom is -0.391 e. The average Bonchev–Trinajstić information content (AvgIpc) is 2.76. The van der Waals surface area contributed by atoms with Crippen molar-refractivity contribution in [2.45, 2.75) is 32.3 Å². The SMILES string of the molecule is CCCNc1nc(N)c(C(=O)N2CCCC(O)C2)s1. The lowest BCUT2D eigenvalue weighted by Gasteiger charge is -2.29. The van der Waals surface area contributed by atoms with Gasteiger partial charge in [0.1, 0.15) is 10.7 Å². The number of nitrogens with two attached hydrogens (primary N) is 1. The van der Waals surface area contributed by atoms with Gasteiger partial charge in [0, 0.05) is 19.6 Å². The quantitative estimate of drug-likeness (QED) is 0.771. The number of carbonyl (C=O) groups is 1. The Balaban J connectivity index is 2.07. The monoisotopic (exact) mass is 284 g/mol. The molecule has 106 valence electrons. The van der Waals surface area contributed by atoms with Crippen molar-refractivity contribution >= 4 is 28.2 Å². The average molecular weight is 284 g/mol. The van der Waals surface area contributed by atoms with E-state index in [-0.39, 0.29) is 11.7 Å². The Kier molecular flexibility index (Phi) is 4.60. The lowest BCUT2D eigenvalue weighted by Crippen LogP contribution is -2.42. The van der Waals surface area contributed by atoms with Crippen LogP contribution in [0.4, 0.5) is 10.9 Å². The summed E-state index contributed by atoms with van der Waals surface area (Å²) < 4.78 is 0. The second-order valence-corrected chi connectivity index (χ2v) is 5.71. The fraction of sp³-hybridized carbons (Fsp3) is 0.667. The number of aliphatic hydroxyl groups excluding tert-OH is 1. The molecule has 7 heteroatoms. The second-order valence-electron chi connectivity index (χ2n) is 4.71. The molecular weight excluding hydrogens is 264 g/mol. The number of hydrogen-bond donors (Lipinski definition) is 3. The van der Waals surface area contributed by atoms with Gasteiger partial charge < -0.3 is 21.1 Å². The molecule has 2 heterocycles. The molecule has 1 aromatic rings. The summed E-state index contributed by atoms with van der Waals surface area (Å²) in [6.07, 6.45) is 2.14. The molecule has 1 atom stereocenters. The smallest absolute Gasteiger partial charge is 0.267 e. The Hall–Kier alpha value is -1.34. The van der Waals surface area contributed by atoms with Crippen molar-refractivity contribution in [3.8, 4) is 0 Å². The Morgan fingerprint density at radius 2 is 2.47 bits per heavy atom. The van der Waals surface area contributed by atoms with Crippen molar-refractivity contribution in [1.82, 2.24) is 9.88 Å². The van der Waals surface area contributed by atoms with Gasteiger partial charge in [0.2, 0.25) is 0 Å². The molecule has 0 bridgehead atoms. The highest BCUT2D eigenvalue weighted by molar-refractivity contribution is 7.18. The third-order valence-corrected chi connectivity index (χ3v) is 4.07. The highest BCUT2D eigenvalue weighted by Gasteiger charge is 2.26. The number of hydrogen-bond acceptors (Lipinski definition) is 6. The van der Waals surface area contributed by atoms with E-state index in [2.05, 4.69) is 17.2 Å². The van der Waals surface area contributed by atoms with E-state index < -0.39 is 6.10 Å². The van der Waals surface area contributed by atoms with E-state index in [1.807, 2.05) is 0 Å². The molecular formula is C12H20N4O2S. The standard InChI is InChI=1S/C12H20N4O2S/c1-2-5-14-12-15-10(13)9(19-12)11(18)16-6-3-4-8(17)7-16/h8,17H,2-7,13H2,1H3,(H,14,15). The van der Waals surface area contributed by atoms with Gasteiger partial charge in [-0.3, -0.25) is 4.79 Å². The minimum atomic E-state index is -0.426. The van der Waals surface area contributed by atoms with Crippen LogP contribution in [0.5, 0.6) is 0 Å². The number of rotatable bonds is 4. The largest absolute Gasteiger partial charge is 0.391 e. The van der Waals surface area contributed by atoms with Gasteiger partial charge in [-0.25, -0.2) is 4.98 Å². The van der Waals surface area contributed by atoms with E-state index in [4.69, 9.17) is 5.73 Å². The first-order valence-corrected chi connectivity index (χ1v) is 7.41. The third kappa shape index (κ3) is 3.36. The number of likely N-dealkylation sites (tertiary alicyclic amines) is 1. The Bertz CT molecular complexity index is 449. The van der Waals surface area contributed by atoms with Gasteiger partial charge in [-0.1, -0.05) is 18.3 Å². The van der Waals surface area contributed by atoms with Gasteiger partial charge in [-0.05, 0) is 19.3 Å². The second kappa shape index (κ2) is 6.21. The number of piperidine rings is 1. The predicted octanol–water partition coefficient (Wildman–Crippen LogP) is 1.14. The first kappa shape index (κ1) is 14.1. The van der Waals surface area contributed by atoms with Crippen LogP contribution in [0.3, 0.4) is 0 Å². The van der Waals surface area contributed by atoms with Crippen LogP contribution in [0.15, 0.2) is 0 Å². The van der Waals surface area contributed by atoms with Crippen LogP contribution in [0.25, 0.3) is 0 Å². The molecule has 19 heavy (non-hydrogen) atoms. The van der Waals surface area contributed by atoms with Gasteiger partial charge in [0.05, 0.1) is 6.10 Å². The number of thiazole rings is 1. The fourth-order valence-corrected chi connectivity index (χ4v) is 2.95. The lowest BCUT2D eigenvalue weighted by molar-refractivity contribution is 0.0478. The van der Waals surface area contributed by atoms with E-state index in [1.165, 1.54) is 11.3 Å². The first-order valence-electron chi connectivity index (χ1n) is 6.59. The van der Waals surface area contributed by atoms with Crippen LogP contribution < -0.4 is 11.1 Å². The first-order chi connectivity index (χ1) is 9.11. The fourth-order valence-electron chi connectivity index (χ4n) is 2.08. The molecule has 0 aliphatic carbocycles. The zero-order chi connectivity index (χ0) is 13.8. The van der Waals surface area contributed by atoms with Crippen molar-refractivity contribution in [2.24, 2.45) is 0 Å². The molecule has 1 aliphatic heterocycles. The maximum absolute atomic E-state index is 12.3. The minimum absolute atomic E-state index is 0.127. The van der Waals surface area contributed by atoms with E-state index in [0.717, 1.165) is 25.8 Å². The highest BCUT2D eigenvalue weighted by atomic mass is 32.1. The zero-order valence-corrected chi connectivity index (χ0v) is 11.9. The van der Waals surface area contributed by atoms with E-state index in [0.29, 0.717) is 23.1 Å². The summed E-state index contributed by atoms with van der Waals surface area (Å²) in [5.74, 6) is 0.145. The topological polar surface area (TPSA) is 91.5 Å². The molecule has 1 unspecified atom stereocenters. The van der Waals surface area contributed by atoms with Crippen LogP contribution in [0, 0.1) is 0 Å². The van der Waals surface area contributed by atoms with Crippen molar-refractivity contribution in [3.05, 3.63) is 4.88 Å². The van der Waals surface area contributed by atoms with Crippen LogP contribution in [0.1, 0.15) is 35.9 Å². The van der Waals surface area contributed by atoms with Crippen LogP contribution in [0.2, 0.25) is 0 Å². The third-order valence-electron chi connectivity index (χ3n) is 3.06. The van der Waals surface area contributed by atoms with Gasteiger partial charge in [-0.2, -0.15) is 0 Å². The number of aliphatic hydroxyl groups is 1. The van der Waals surface area contributed by atoms with Crippen LogP contribution >= 0.6 is 11.3 Å². The molecule has 1 amide bonds. The van der Waals surface area contributed by atoms with Crippen LogP contribution in [-0.2, 0) is 0 Å². The maximum atomic E-state index is 12.3. The Morgan fingerprint density at radius 1 is 1.68 bits per heavy atom. The molecule has 6 nitrogen and oxygen atoms in total. The van der Waals surface area contributed by atoms with Gasteiger partial charge in [-0.15, -0.1) is 0 Å². The summed E-state index contributed by atoms with van der Waals surface area (Å²) in [5.41, 5.74) is 5.80. The summed E-state index contributed by atoms with van der Waals surface area (Å²) in [5, 5.41) is 13.4. The number of nitrogen functional groups attached to an aromatic ring is 1. The van der Waals surface area contributed by atoms with E-state index in [9.17, 15) is 9.90 Å². The number of amides is 1. The number of aromatic nitrogens is 1. The molecule has 0 radical (unpaired) electrons. The molecule has 1 aliphatic rings. The normalized spacial score (nSPS) is 19.5. The Morgan fingerprint density at radius 3 is 3.16 bits per heavy atom. The van der Waals surface area contributed by atoms with Crippen molar-refractivity contribution in [1.29, 1.82) is 0 Å². The number of nitrogens with zero attached hydrogens (tertiary/aromatic N) is 2. The van der Waals surface area contributed by atoms with Gasteiger partial charge >= 0.3 is 0 Å². The zero-order valence-electron chi connectivity index (χ0n) is 11.1. The van der Waals surface area contributed by atoms with E-state index >= 15 is 0 Å². The molecule has 4 N–H and O–H groups in total. The maximum Gasteiger partial charge on any atom is 0.267 e. The lowest BCUT2D eigenvalue weighted by atomic mass is 10.1. The predicted molar refractivity (Wildman–Crippen MR) is 76.5 cm³/mol. The summed E-state index contributed by atoms with van der Waals surface area (Å²) in [7, 11) is 0. The Labute approximate surface area is 116 Å². The molecule has 1 aromatic heterocycles. The molecule has 2 rings (SSSR count). The molecule has 1 saturated heterocycles. The van der Waals surface area contributed by atoms with Crippen molar-refractivity contribution in [2.75, 3.05) is 30.7 Å². The molecule has 1 fully saturated rings. The van der Waals surface area contributed by atoms with Crippen molar-refractivity contribution in [3.63, 3.8) is 0 Å². The molecule has 0 spiro atoms. The number of anilines is 2. The van der Waals surface area contributed by atoms with Gasteiger partial charge in [0.25, 0.3) is 5.91 Å². The summed E-state index contributed by atoms with van der Waals surface area (Å²) in [6, 6.07) is 0. The van der Waals surface area contributed by atoms with Crippen molar-refractivity contribution < 1.29 is 9.90 Å². The van der Waals surface area contributed by atoms with E-state index in [1.54, 1.807) is 4.90 Å². The molecule has 0 aromatic carbocycles. The molecule has 0 saturated carbocycles. The number of nitrogens with one attached hydrogen (secondary N) is 1. The van der Waals surface area contributed by atoms with Crippen LogP contribution in [-0.4, -0.2) is 46.6 Å². The number of β-amino-alcohol motifs (C(OH)–C–C–N with tert-alkyl or cyclic N) is 1. The highest BCUT2D eigenvalue weighted by Crippen LogP contribution is 2.27.